The third-order valence-corrected chi connectivity index (χ3v) is 4.90. The molecule has 1 heterocycles. The van der Waals surface area contributed by atoms with E-state index in [-0.39, 0.29) is 0 Å². The molecule has 0 spiro atoms. The summed E-state index contributed by atoms with van der Waals surface area (Å²) in [6.45, 7) is 4.18. The maximum atomic E-state index is 4.93. The largest absolute Gasteiger partial charge is 0.250 e. The van der Waals surface area contributed by atoms with Crippen molar-refractivity contribution in [1.29, 1.82) is 0 Å². The smallest absolute Gasteiger partial charge is 0.138 e. The van der Waals surface area contributed by atoms with Crippen molar-refractivity contribution >= 4 is 0 Å². The van der Waals surface area contributed by atoms with Crippen LogP contribution in [0, 0.1) is 13.8 Å². The zero-order valence-corrected chi connectivity index (χ0v) is 15.1. The molecule has 0 amide bonds. The highest BCUT2D eigenvalue weighted by Gasteiger charge is 2.40. The zero-order chi connectivity index (χ0) is 18.0. The summed E-state index contributed by atoms with van der Waals surface area (Å²) in [5.74, 6) is 0. The van der Waals surface area contributed by atoms with Crippen molar-refractivity contribution in [2.24, 2.45) is 0 Å². The fourth-order valence-corrected chi connectivity index (χ4v) is 3.87. The predicted octanol–water partition coefficient (Wildman–Crippen LogP) is 5.34. The lowest BCUT2D eigenvalue weighted by atomic mass is 9.77. The summed E-state index contributed by atoms with van der Waals surface area (Å²) in [5.41, 5.74) is 5.24. The normalized spacial score (nSPS) is 11.5. The van der Waals surface area contributed by atoms with Crippen LogP contribution in [0.3, 0.4) is 0 Å². The van der Waals surface area contributed by atoms with E-state index >= 15 is 0 Å². The van der Waals surface area contributed by atoms with Gasteiger partial charge in [-0.1, -0.05) is 91.0 Å². The van der Waals surface area contributed by atoms with Crippen molar-refractivity contribution in [2.45, 2.75) is 19.4 Å². The lowest BCUT2D eigenvalue weighted by molar-refractivity contribution is 0.447. The van der Waals surface area contributed by atoms with Crippen LogP contribution in [0.4, 0.5) is 0 Å². The van der Waals surface area contributed by atoms with Gasteiger partial charge in [-0.3, -0.25) is 4.68 Å². The first-order valence-electron chi connectivity index (χ1n) is 8.93. The van der Waals surface area contributed by atoms with Crippen LogP contribution in [0.1, 0.15) is 28.1 Å². The lowest BCUT2D eigenvalue weighted by Crippen LogP contribution is -2.39. The predicted molar refractivity (Wildman–Crippen MR) is 106 cm³/mol. The van der Waals surface area contributed by atoms with Crippen molar-refractivity contribution in [3.8, 4) is 0 Å². The Morgan fingerprint density at radius 2 is 1.00 bits per heavy atom. The fraction of sp³-hybridized carbons (Fsp3) is 0.125. The van der Waals surface area contributed by atoms with E-state index in [0.29, 0.717) is 0 Å². The molecule has 2 nitrogen and oxygen atoms in total. The van der Waals surface area contributed by atoms with Gasteiger partial charge in [-0.2, -0.15) is 5.10 Å². The molecular weight excluding hydrogens is 316 g/mol. The molecule has 0 radical (unpaired) electrons. The molecule has 3 aromatic carbocycles. The summed E-state index contributed by atoms with van der Waals surface area (Å²) in [6.07, 6.45) is 0. The lowest BCUT2D eigenvalue weighted by Gasteiger charge is -2.37. The van der Waals surface area contributed by atoms with Gasteiger partial charge in [-0.05, 0) is 36.6 Å². The highest BCUT2D eigenvalue weighted by molar-refractivity contribution is 5.50. The van der Waals surface area contributed by atoms with Crippen LogP contribution < -0.4 is 0 Å². The third-order valence-electron chi connectivity index (χ3n) is 4.90. The number of hydrogen-bond acceptors (Lipinski definition) is 1. The minimum Gasteiger partial charge on any atom is -0.250 e. The van der Waals surface area contributed by atoms with Gasteiger partial charge in [0.15, 0.2) is 0 Å². The van der Waals surface area contributed by atoms with Gasteiger partial charge in [-0.15, -0.1) is 0 Å². The Kier molecular flexibility index (Phi) is 4.18. The second-order valence-corrected chi connectivity index (χ2v) is 6.65. The molecular formula is C24H22N2. The Morgan fingerprint density at radius 1 is 0.615 bits per heavy atom. The average molecular weight is 338 g/mol. The number of rotatable bonds is 4. The van der Waals surface area contributed by atoms with Gasteiger partial charge in [0.05, 0.1) is 5.69 Å². The number of aryl methyl sites for hydroxylation is 2. The minimum atomic E-state index is -0.512. The summed E-state index contributed by atoms with van der Waals surface area (Å²) >= 11 is 0. The van der Waals surface area contributed by atoms with Crippen LogP contribution in [-0.4, -0.2) is 9.78 Å². The third kappa shape index (κ3) is 2.55. The molecule has 2 heteroatoms. The number of aromatic nitrogens is 2. The summed E-state index contributed by atoms with van der Waals surface area (Å²) in [5, 5.41) is 4.93. The van der Waals surface area contributed by atoms with E-state index in [1.54, 1.807) is 0 Å². The Labute approximate surface area is 154 Å². The molecule has 128 valence electrons. The molecule has 0 bridgehead atoms. The molecule has 0 unspecified atom stereocenters. The second kappa shape index (κ2) is 6.64. The minimum absolute atomic E-state index is 0.512. The molecule has 4 aromatic rings. The van der Waals surface area contributed by atoms with E-state index in [2.05, 4.69) is 116 Å². The fourth-order valence-electron chi connectivity index (χ4n) is 3.87. The SMILES string of the molecule is Cc1cc(C)n(C(c2ccccc2)(c2ccccc2)c2ccccc2)n1. The summed E-state index contributed by atoms with van der Waals surface area (Å²) in [4.78, 5) is 0. The molecule has 0 N–H and O–H groups in total. The van der Waals surface area contributed by atoms with E-state index < -0.39 is 5.54 Å². The first-order valence-corrected chi connectivity index (χ1v) is 8.93. The van der Waals surface area contributed by atoms with Crippen molar-refractivity contribution in [2.75, 3.05) is 0 Å². The molecule has 0 atom stereocenters. The molecule has 0 aliphatic heterocycles. The first-order chi connectivity index (χ1) is 12.7. The quantitative estimate of drug-likeness (QED) is 0.459. The van der Waals surface area contributed by atoms with E-state index in [1.165, 1.54) is 16.7 Å². The van der Waals surface area contributed by atoms with Gasteiger partial charge in [0, 0.05) is 5.69 Å². The molecule has 1 aromatic heterocycles. The topological polar surface area (TPSA) is 17.8 Å². The Morgan fingerprint density at radius 3 is 1.31 bits per heavy atom. The molecule has 0 saturated carbocycles. The van der Waals surface area contributed by atoms with Crippen LogP contribution in [0.2, 0.25) is 0 Å². The van der Waals surface area contributed by atoms with Crippen LogP contribution in [0.25, 0.3) is 0 Å². The average Bonchev–Trinajstić information content (AvgIpc) is 3.03. The maximum Gasteiger partial charge on any atom is 0.138 e. The summed E-state index contributed by atoms with van der Waals surface area (Å²) < 4.78 is 2.17. The second-order valence-electron chi connectivity index (χ2n) is 6.65. The highest BCUT2D eigenvalue weighted by Crippen LogP contribution is 2.41. The van der Waals surface area contributed by atoms with E-state index in [4.69, 9.17) is 5.10 Å². The van der Waals surface area contributed by atoms with Crippen molar-refractivity contribution in [3.63, 3.8) is 0 Å². The zero-order valence-electron chi connectivity index (χ0n) is 15.1. The summed E-state index contributed by atoms with van der Waals surface area (Å²) in [6, 6.07) is 34.1. The highest BCUT2D eigenvalue weighted by atomic mass is 15.3. The van der Waals surface area contributed by atoms with Gasteiger partial charge in [0.2, 0.25) is 0 Å². The molecule has 4 rings (SSSR count). The van der Waals surface area contributed by atoms with Crippen molar-refractivity contribution in [1.82, 2.24) is 9.78 Å². The molecule has 0 aliphatic carbocycles. The van der Waals surface area contributed by atoms with Gasteiger partial charge in [0.1, 0.15) is 5.54 Å². The first kappa shape index (κ1) is 16.3. The van der Waals surface area contributed by atoms with E-state index in [9.17, 15) is 0 Å². The van der Waals surface area contributed by atoms with Crippen molar-refractivity contribution in [3.05, 3.63) is 125 Å². The van der Waals surface area contributed by atoms with E-state index in [1.807, 2.05) is 0 Å². The number of nitrogens with zero attached hydrogens (tertiary/aromatic N) is 2. The molecule has 26 heavy (non-hydrogen) atoms. The monoisotopic (exact) mass is 338 g/mol. The Balaban J connectivity index is 2.16. The van der Waals surface area contributed by atoms with Crippen molar-refractivity contribution < 1.29 is 0 Å². The number of hydrogen-bond donors (Lipinski definition) is 0. The van der Waals surface area contributed by atoms with Crippen LogP contribution in [-0.2, 0) is 5.54 Å². The number of benzene rings is 3. The van der Waals surface area contributed by atoms with Crippen LogP contribution in [0.5, 0.6) is 0 Å². The van der Waals surface area contributed by atoms with Crippen LogP contribution >= 0.6 is 0 Å². The van der Waals surface area contributed by atoms with Gasteiger partial charge < -0.3 is 0 Å². The Hall–Kier alpha value is -3.13. The molecule has 0 aliphatic rings. The standard InChI is InChI=1S/C24H22N2/c1-19-18-20(2)26(25-19)24(21-12-6-3-7-13-21,22-14-8-4-9-15-22)23-16-10-5-11-17-23/h3-18H,1-2H3. The van der Waals surface area contributed by atoms with Gasteiger partial charge in [0.25, 0.3) is 0 Å². The molecule has 0 fully saturated rings. The van der Waals surface area contributed by atoms with Crippen LogP contribution in [0.15, 0.2) is 97.1 Å². The van der Waals surface area contributed by atoms with Gasteiger partial charge >= 0.3 is 0 Å². The summed E-state index contributed by atoms with van der Waals surface area (Å²) in [7, 11) is 0. The molecule has 0 saturated heterocycles. The maximum absolute atomic E-state index is 4.93. The Bertz CT molecular complexity index is 890. The van der Waals surface area contributed by atoms with Gasteiger partial charge in [-0.25, -0.2) is 0 Å². The van der Waals surface area contributed by atoms with E-state index in [0.717, 1.165) is 11.4 Å².